The van der Waals surface area contributed by atoms with Crippen LogP contribution in [0.5, 0.6) is 5.75 Å². The summed E-state index contributed by atoms with van der Waals surface area (Å²) in [7, 11) is 1.68. The molecule has 2 fully saturated rings. The molecule has 5 heteroatoms. The van der Waals surface area contributed by atoms with E-state index in [0.29, 0.717) is 0 Å². The predicted octanol–water partition coefficient (Wildman–Crippen LogP) is 6.64. The lowest BCUT2D eigenvalue weighted by Gasteiger charge is -2.54. The van der Waals surface area contributed by atoms with E-state index in [0.717, 1.165) is 81.5 Å². The van der Waals surface area contributed by atoms with E-state index in [9.17, 15) is 9.18 Å². The summed E-state index contributed by atoms with van der Waals surface area (Å²) in [6.07, 6.45) is 7.54. The number of methoxy groups -OCH3 is 1. The Bertz CT molecular complexity index is 1190. The lowest BCUT2D eigenvalue weighted by Crippen LogP contribution is -2.58. The molecule has 0 unspecified atom stereocenters. The highest BCUT2D eigenvalue weighted by Crippen LogP contribution is 2.56. The zero-order valence-electron chi connectivity index (χ0n) is 21.7. The zero-order valence-corrected chi connectivity index (χ0v) is 21.7. The maximum atomic E-state index is 14.3. The fourth-order valence-electron chi connectivity index (χ4n) is 6.72. The minimum atomic E-state index is -0.509. The molecule has 3 aromatic rings. The zero-order chi connectivity index (χ0) is 25.7. The largest absolute Gasteiger partial charge is 0.497 e. The number of hydrogen-bond acceptors (Lipinski definition) is 3. The van der Waals surface area contributed by atoms with E-state index >= 15 is 0 Å². The molecular weight excluding hydrogens is 463 g/mol. The number of carbonyl (C=O) groups is 1. The highest BCUT2D eigenvalue weighted by Gasteiger charge is 2.57. The molecule has 0 bridgehead atoms. The van der Waals surface area contributed by atoms with Crippen molar-refractivity contribution in [2.24, 2.45) is 5.41 Å². The van der Waals surface area contributed by atoms with Gasteiger partial charge in [0.15, 0.2) is 0 Å². The van der Waals surface area contributed by atoms with Crippen molar-refractivity contribution in [3.63, 3.8) is 0 Å². The van der Waals surface area contributed by atoms with E-state index in [1.807, 2.05) is 36.4 Å². The van der Waals surface area contributed by atoms with Crippen LogP contribution in [0, 0.1) is 11.2 Å². The average Bonchev–Trinajstić information content (AvgIpc) is 2.95. The lowest BCUT2D eigenvalue weighted by molar-refractivity contribution is -0.134. The van der Waals surface area contributed by atoms with Crippen LogP contribution in [-0.2, 0) is 16.6 Å². The van der Waals surface area contributed by atoms with Gasteiger partial charge in [-0.15, -0.1) is 0 Å². The van der Waals surface area contributed by atoms with Crippen LogP contribution < -0.4 is 15.4 Å². The van der Waals surface area contributed by atoms with Gasteiger partial charge < -0.3 is 15.4 Å². The second-order valence-electron chi connectivity index (χ2n) is 10.7. The second kappa shape index (κ2) is 11.1. The Morgan fingerprint density at radius 1 is 0.892 bits per heavy atom. The number of rotatable bonds is 7. The molecule has 1 amide bonds. The molecule has 194 valence electrons. The molecule has 0 radical (unpaired) electrons. The van der Waals surface area contributed by atoms with Gasteiger partial charge in [0.05, 0.1) is 12.5 Å². The summed E-state index contributed by atoms with van der Waals surface area (Å²) in [6.45, 7) is 1.73. The van der Waals surface area contributed by atoms with Crippen LogP contribution in [0.1, 0.15) is 61.6 Å². The van der Waals surface area contributed by atoms with Crippen molar-refractivity contribution in [1.82, 2.24) is 5.32 Å². The summed E-state index contributed by atoms with van der Waals surface area (Å²) >= 11 is 0. The van der Waals surface area contributed by atoms with Gasteiger partial charge >= 0.3 is 0 Å². The quantitative estimate of drug-likeness (QED) is 0.383. The smallest absolute Gasteiger partial charge is 0.231 e. The van der Waals surface area contributed by atoms with Gasteiger partial charge in [0.2, 0.25) is 5.91 Å². The number of benzene rings is 3. The number of anilines is 1. The van der Waals surface area contributed by atoms with Gasteiger partial charge in [-0.2, -0.15) is 0 Å². The molecule has 5 rings (SSSR count). The number of carbonyl (C=O) groups excluding carboxylic acids is 1. The summed E-state index contributed by atoms with van der Waals surface area (Å²) in [5.41, 5.74) is 3.48. The molecule has 0 spiro atoms. The van der Waals surface area contributed by atoms with Gasteiger partial charge in [0, 0.05) is 11.1 Å². The Morgan fingerprint density at radius 3 is 2.27 bits per heavy atom. The molecule has 2 N–H and O–H groups in total. The van der Waals surface area contributed by atoms with Crippen LogP contribution in [0.25, 0.3) is 0 Å². The van der Waals surface area contributed by atoms with Crippen molar-refractivity contribution in [2.75, 3.05) is 25.5 Å². The van der Waals surface area contributed by atoms with Gasteiger partial charge in [-0.25, -0.2) is 4.39 Å². The number of ether oxygens (including phenoxy) is 1. The molecule has 3 aromatic carbocycles. The first-order valence-corrected chi connectivity index (χ1v) is 13.5. The van der Waals surface area contributed by atoms with E-state index in [-0.39, 0.29) is 17.1 Å². The van der Waals surface area contributed by atoms with Crippen molar-refractivity contribution in [1.29, 1.82) is 0 Å². The molecule has 2 aliphatic rings. The number of nitrogens with one attached hydrogen (secondary N) is 2. The van der Waals surface area contributed by atoms with Gasteiger partial charge in [0.25, 0.3) is 0 Å². The molecule has 1 saturated heterocycles. The van der Waals surface area contributed by atoms with Crippen molar-refractivity contribution < 1.29 is 13.9 Å². The Kier molecular flexibility index (Phi) is 7.61. The predicted molar refractivity (Wildman–Crippen MR) is 147 cm³/mol. The highest BCUT2D eigenvalue weighted by atomic mass is 19.1. The summed E-state index contributed by atoms with van der Waals surface area (Å²) < 4.78 is 19.2. The molecule has 1 aliphatic carbocycles. The van der Waals surface area contributed by atoms with Crippen LogP contribution in [0.2, 0.25) is 0 Å². The lowest BCUT2D eigenvalue weighted by atomic mass is 9.50. The number of hydrogen-bond donors (Lipinski definition) is 2. The Morgan fingerprint density at radius 2 is 1.59 bits per heavy atom. The third kappa shape index (κ3) is 5.15. The van der Waals surface area contributed by atoms with Gasteiger partial charge in [0.1, 0.15) is 11.6 Å². The summed E-state index contributed by atoms with van der Waals surface area (Å²) in [5.74, 6) is 0.732. The van der Waals surface area contributed by atoms with Crippen molar-refractivity contribution in [3.8, 4) is 5.75 Å². The standard InChI is InChI=1S/C32H37FN2O2/c1-37-29-7-5-6-25(23-29)22-24-8-14-28(15-9-24)35-30(36)32(16-3-2-4-17-32)31(18-20-34-21-19-31)26-10-12-27(33)13-11-26/h5-15,23,34H,2-4,16-22H2,1H3,(H,35,36). The van der Waals surface area contributed by atoms with E-state index in [2.05, 4.69) is 34.9 Å². The van der Waals surface area contributed by atoms with Gasteiger partial charge in [-0.05, 0) is 98.3 Å². The topological polar surface area (TPSA) is 50.4 Å². The summed E-state index contributed by atoms with van der Waals surface area (Å²) in [6, 6.07) is 23.2. The monoisotopic (exact) mass is 500 g/mol. The molecule has 0 aromatic heterocycles. The third-order valence-corrected chi connectivity index (χ3v) is 8.67. The van der Waals surface area contributed by atoms with Crippen LogP contribution in [0.3, 0.4) is 0 Å². The molecule has 0 atom stereocenters. The first-order valence-electron chi connectivity index (χ1n) is 13.5. The molecule has 1 aliphatic heterocycles. The number of piperidine rings is 1. The van der Waals surface area contributed by atoms with E-state index < -0.39 is 5.41 Å². The van der Waals surface area contributed by atoms with Gasteiger partial charge in [-0.3, -0.25) is 4.79 Å². The molecule has 4 nitrogen and oxygen atoms in total. The molecular formula is C32H37FN2O2. The first kappa shape index (κ1) is 25.5. The normalized spacial score (nSPS) is 18.6. The third-order valence-electron chi connectivity index (χ3n) is 8.67. The first-order chi connectivity index (χ1) is 18.0. The van der Waals surface area contributed by atoms with Crippen molar-refractivity contribution >= 4 is 11.6 Å². The fourth-order valence-corrected chi connectivity index (χ4v) is 6.72. The maximum absolute atomic E-state index is 14.3. The second-order valence-corrected chi connectivity index (χ2v) is 10.7. The summed E-state index contributed by atoms with van der Waals surface area (Å²) in [4.78, 5) is 14.3. The number of amides is 1. The Balaban J connectivity index is 1.40. The van der Waals surface area contributed by atoms with Crippen LogP contribution >= 0.6 is 0 Å². The SMILES string of the molecule is COc1cccc(Cc2ccc(NC(=O)C3(C4(c5ccc(F)cc5)CCNCC4)CCCCC3)cc2)c1. The van der Waals surface area contributed by atoms with Crippen molar-refractivity contribution in [2.45, 2.75) is 56.8 Å². The minimum Gasteiger partial charge on any atom is -0.497 e. The highest BCUT2D eigenvalue weighted by molar-refractivity contribution is 5.96. The minimum absolute atomic E-state index is 0.110. The Hall–Kier alpha value is -3.18. The molecule has 1 saturated carbocycles. The molecule has 1 heterocycles. The van der Waals surface area contributed by atoms with Crippen LogP contribution in [0.4, 0.5) is 10.1 Å². The van der Waals surface area contributed by atoms with Crippen LogP contribution in [-0.4, -0.2) is 26.1 Å². The maximum Gasteiger partial charge on any atom is 0.231 e. The molecule has 37 heavy (non-hydrogen) atoms. The Labute approximate surface area is 219 Å². The van der Waals surface area contributed by atoms with Crippen molar-refractivity contribution in [3.05, 3.63) is 95.3 Å². The van der Waals surface area contributed by atoms with E-state index in [1.54, 1.807) is 19.2 Å². The fraction of sp³-hybridized carbons (Fsp3) is 0.406. The van der Waals surface area contributed by atoms with E-state index in [1.165, 1.54) is 11.1 Å². The van der Waals surface area contributed by atoms with Crippen LogP contribution in [0.15, 0.2) is 72.8 Å². The average molecular weight is 501 g/mol. The van der Waals surface area contributed by atoms with E-state index in [4.69, 9.17) is 4.74 Å². The van der Waals surface area contributed by atoms with Gasteiger partial charge in [-0.1, -0.05) is 55.7 Å². The summed E-state index contributed by atoms with van der Waals surface area (Å²) in [5, 5.41) is 6.80. The number of halogens is 1.